The quantitative estimate of drug-likeness (QED) is 0.842. The summed E-state index contributed by atoms with van der Waals surface area (Å²) >= 11 is 9.77. The molecule has 0 saturated heterocycles. The molecule has 1 aliphatic rings. The molecule has 0 radical (unpaired) electrons. The van der Waals surface area contributed by atoms with Crippen LogP contribution in [0.5, 0.6) is 0 Å². The maximum Gasteiger partial charge on any atom is 0.0595 e. The molecule has 0 spiro atoms. The van der Waals surface area contributed by atoms with E-state index in [1.54, 1.807) is 0 Å². The van der Waals surface area contributed by atoms with Crippen molar-refractivity contribution in [3.63, 3.8) is 0 Å². The highest BCUT2D eigenvalue weighted by atomic mass is 79.9. The molecular formula is C17H17BrClN. The highest BCUT2D eigenvalue weighted by Gasteiger charge is 2.15. The van der Waals surface area contributed by atoms with Gasteiger partial charge in [0.25, 0.3) is 0 Å². The van der Waals surface area contributed by atoms with E-state index in [1.165, 1.54) is 36.0 Å². The molecule has 104 valence electrons. The Bertz CT molecular complexity index is 639. The average Bonchev–Trinajstić information content (AvgIpc) is 2.89. The van der Waals surface area contributed by atoms with Crippen molar-refractivity contribution in [2.45, 2.75) is 31.7 Å². The summed E-state index contributed by atoms with van der Waals surface area (Å²) in [6, 6.07) is 12.6. The standard InChI is InChI=1S/C17H17BrClN/c18-15-6-2-5-14(17(15)19)16(20)10-11-7-8-12-3-1-4-13(12)9-11/h2,5-9,16H,1,3-4,10,20H2. The predicted octanol–water partition coefficient (Wildman–Crippen LogP) is 4.83. The lowest BCUT2D eigenvalue weighted by Crippen LogP contribution is -2.14. The van der Waals surface area contributed by atoms with Gasteiger partial charge in [0.2, 0.25) is 0 Å². The molecule has 3 rings (SSSR count). The Labute approximate surface area is 133 Å². The van der Waals surface area contributed by atoms with Crippen molar-refractivity contribution in [3.8, 4) is 0 Å². The fourth-order valence-electron chi connectivity index (χ4n) is 2.92. The van der Waals surface area contributed by atoms with Crippen LogP contribution in [-0.2, 0) is 19.3 Å². The monoisotopic (exact) mass is 349 g/mol. The minimum Gasteiger partial charge on any atom is -0.324 e. The summed E-state index contributed by atoms with van der Waals surface area (Å²) in [5.74, 6) is 0. The van der Waals surface area contributed by atoms with Gasteiger partial charge in [0.05, 0.1) is 5.02 Å². The first kappa shape index (κ1) is 14.1. The van der Waals surface area contributed by atoms with Gasteiger partial charge in [-0.25, -0.2) is 0 Å². The fourth-order valence-corrected chi connectivity index (χ4v) is 3.57. The topological polar surface area (TPSA) is 26.0 Å². The second kappa shape index (κ2) is 5.88. The molecule has 1 aliphatic carbocycles. The Kier molecular flexibility index (Phi) is 4.16. The van der Waals surface area contributed by atoms with E-state index < -0.39 is 0 Å². The molecule has 0 saturated carbocycles. The number of aryl methyl sites for hydroxylation is 2. The van der Waals surface area contributed by atoms with Crippen LogP contribution in [0.15, 0.2) is 40.9 Å². The zero-order chi connectivity index (χ0) is 14.1. The lowest BCUT2D eigenvalue weighted by Gasteiger charge is -2.15. The molecule has 2 aromatic rings. The van der Waals surface area contributed by atoms with Crippen molar-refractivity contribution >= 4 is 27.5 Å². The van der Waals surface area contributed by atoms with Crippen molar-refractivity contribution in [2.24, 2.45) is 5.73 Å². The Morgan fingerprint density at radius 2 is 1.95 bits per heavy atom. The van der Waals surface area contributed by atoms with Gasteiger partial charge in [-0.3, -0.25) is 0 Å². The summed E-state index contributed by atoms with van der Waals surface area (Å²) in [6.45, 7) is 0. The van der Waals surface area contributed by atoms with E-state index in [0.717, 1.165) is 21.5 Å². The van der Waals surface area contributed by atoms with Gasteiger partial charge >= 0.3 is 0 Å². The SMILES string of the molecule is NC(Cc1ccc2c(c1)CCC2)c1cccc(Br)c1Cl. The van der Waals surface area contributed by atoms with Gasteiger partial charge in [-0.15, -0.1) is 0 Å². The first-order valence-corrected chi connectivity index (χ1v) is 8.12. The van der Waals surface area contributed by atoms with Crippen molar-refractivity contribution in [1.29, 1.82) is 0 Å². The van der Waals surface area contributed by atoms with Crippen molar-refractivity contribution in [3.05, 3.63) is 68.1 Å². The van der Waals surface area contributed by atoms with E-state index in [0.29, 0.717) is 0 Å². The van der Waals surface area contributed by atoms with Gasteiger partial charge in [0, 0.05) is 10.5 Å². The number of rotatable bonds is 3. The Hall–Kier alpha value is -0.830. The van der Waals surface area contributed by atoms with Crippen molar-refractivity contribution < 1.29 is 0 Å². The minimum atomic E-state index is -0.0700. The maximum absolute atomic E-state index is 6.34. The zero-order valence-electron chi connectivity index (χ0n) is 11.2. The summed E-state index contributed by atoms with van der Waals surface area (Å²) in [6.07, 6.45) is 4.53. The third-order valence-electron chi connectivity index (χ3n) is 4.00. The summed E-state index contributed by atoms with van der Waals surface area (Å²) in [5.41, 5.74) is 11.6. The van der Waals surface area contributed by atoms with E-state index >= 15 is 0 Å². The van der Waals surface area contributed by atoms with Crippen molar-refractivity contribution in [2.75, 3.05) is 0 Å². The van der Waals surface area contributed by atoms with Crippen LogP contribution >= 0.6 is 27.5 Å². The third-order valence-corrected chi connectivity index (χ3v) is 5.31. The molecule has 0 aromatic heterocycles. The molecule has 0 bridgehead atoms. The summed E-state index contributed by atoms with van der Waals surface area (Å²) in [4.78, 5) is 0. The first-order chi connectivity index (χ1) is 9.65. The van der Waals surface area contributed by atoms with Gasteiger partial charge in [-0.2, -0.15) is 0 Å². The van der Waals surface area contributed by atoms with Crippen molar-refractivity contribution in [1.82, 2.24) is 0 Å². The van der Waals surface area contributed by atoms with Crippen LogP contribution in [-0.4, -0.2) is 0 Å². The molecule has 3 heteroatoms. The summed E-state index contributed by atoms with van der Waals surface area (Å²) < 4.78 is 0.904. The number of fused-ring (bicyclic) bond motifs is 1. The highest BCUT2D eigenvalue weighted by Crippen LogP contribution is 2.31. The van der Waals surface area contributed by atoms with Gasteiger partial charge in [0.15, 0.2) is 0 Å². The highest BCUT2D eigenvalue weighted by molar-refractivity contribution is 9.10. The number of nitrogens with two attached hydrogens (primary N) is 1. The van der Waals surface area contributed by atoms with Gasteiger partial charge < -0.3 is 5.73 Å². The van der Waals surface area contributed by atoms with Crippen LogP contribution in [0.25, 0.3) is 0 Å². The Balaban J connectivity index is 1.82. The second-order valence-electron chi connectivity index (χ2n) is 5.41. The lowest BCUT2D eigenvalue weighted by atomic mass is 9.97. The Morgan fingerprint density at radius 1 is 1.15 bits per heavy atom. The molecule has 0 amide bonds. The average molecular weight is 351 g/mol. The lowest BCUT2D eigenvalue weighted by molar-refractivity contribution is 0.721. The number of hydrogen-bond acceptors (Lipinski definition) is 1. The molecule has 2 N–H and O–H groups in total. The van der Waals surface area contributed by atoms with Gasteiger partial charge in [-0.05, 0) is 69.9 Å². The molecule has 1 nitrogen and oxygen atoms in total. The third kappa shape index (κ3) is 2.78. The van der Waals surface area contributed by atoms with Crippen LogP contribution < -0.4 is 5.73 Å². The zero-order valence-corrected chi connectivity index (χ0v) is 13.5. The molecule has 1 unspecified atom stereocenters. The van der Waals surface area contributed by atoms with Crippen LogP contribution in [0.1, 0.15) is 34.7 Å². The maximum atomic E-state index is 6.34. The van der Waals surface area contributed by atoms with Crippen LogP contribution in [0.3, 0.4) is 0 Å². The van der Waals surface area contributed by atoms with E-state index in [-0.39, 0.29) is 6.04 Å². The molecule has 1 atom stereocenters. The summed E-state index contributed by atoms with van der Waals surface area (Å²) in [5, 5.41) is 0.723. The van der Waals surface area contributed by atoms with E-state index in [2.05, 4.69) is 34.1 Å². The fraction of sp³-hybridized carbons (Fsp3) is 0.294. The smallest absolute Gasteiger partial charge is 0.0595 e. The number of benzene rings is 2. The normalized spacial score (nSPS) is 15.2. The van der Waals surface area contributed by atoms with E-state index in [4.69, 9.17) is 17.3 Å². The van der Waals surface area contributed by atoms with E-state index in [1.807, 2.05) is 18.2 Å². The largest absolute Gasteiger partial charge is 0.324 e. The van der Waals surface area contributed by atoms with Gasteiger partial charge in [0.1, 0.15) is 0 Å². The molecule has 0 aliphatic heterocycles. The minimum absolute atomic E-state index is 0.0700. The van der Waals surface area contributed by atoms with Crippen LogP contribution in [0.2, 0.25) is 5.02 Å². The number of halogens is 2. The first-order valence-electron chi connectivity index (χ1n) is 6.95. The molecule has 0 heterocycles. The van der Waals surface area contributed by atoms with E-state index in [9.17, 15) is 0 Å². The summed E-state index contributed by atoms with van der Waals surface area (Å²) in [7, 11) is 0. The van der Waals surface area contributed by atoms with Crippen LogP contribution in [0.4, 0.5) is 0 Å². The molecule has 20 heavy (non-hydrogen) atoms. The number of hydrogen-bond donors (Lipinski definition) is 1. The predicted molar refractivity (Wildman–Crippen MR) is 88.3 cm³/mol. The van der Waals surface area contributed by atoms with Crippen LogP contribution in [0, 0.1) is 0 Å². The molecule has 2 aromatic carbocycles. The molecular weight excluding hydrogens is 334 g/mol. The van der Waals surface area contributed by atoms with Gasteiger partial charge in [-0.1, -0.05) is 41.9 Å². The Morgan fingerprint density at radius 3 is 2.80 bits per heavy atom. The molecule has 0 fully saturated rings. The second-order valence-corrected chi connectivity index (χ2v) is 6.64.